The van der Waals surface area contributed by atoms with Gasteiger partial charge in [0.2, 0.25) is 0 Å². The molecule has 17 heavy (non-hydrogen) atoms. The maximum Gasteiger partial charge on any atom is 0.354 e. The van der Waals surface area contributed by atoms with E-state index in [2.05, 4.69) is 25.0 Å². The highest BCUT2D eigenvalue weighted by Gasteiger charge is 2.23. The van der Waals surface area contributed by atoms with E-state index in [1.165, 1.54) is 26.3 Å². The highest BCUT2D eigenvalue weighted by Crippen LogP contribution is 2.27. The van der Waals surface area contributed by atoms with E-state index >= 15 is 0 Å². The van der Waals surface area contributed by atoms with E-state index in [0.717, 1.165) is 11.2 Å². The zero-order valence-corrected chi connectivity index (χ0v) is 9.36. The van der Waals surface area contributed by atoms with Crippen molar-refractivity contribution in [3.8, 4) is 0 Å². The van der Waals surface area contributed by atoms with Crippen LogP contribution in [0.15, 0.2) is 12.4 Å². The molecule has 3 rings (SSSR count). The molecule has 2 aromatic heterocycles. The van der Waals surface area contributed by atoms with Gasteiger partial charge in [-0.3, -0.25) is 0 Å². The molecule has 6 nitrogen and oxygen atoms in total. The van der Waals surface area contributed by atoms with E-state index in [9.17, 15) is 4.79 Å². The Balaban J connectivity index is 2.04. The summed E-state index contributed by atoms with van der Waals surface area (Å²) in [5, 5.41) is 4.13. The maximum atomic E-state index is 11.4. The Bertz CT molecular complexity index is 574. The maximum absolute atomic E-state index is 11.4. The number of aromatic nitrogens is 3. The van der Waals surface area contributed by atoms with Gasteiger partial charge in [0.1, 0.15) is 23.5 Å². The molecule has 88 valence electrons. The first-order chi connectivity index (χ1) is 8.28. The largest absolute Gasteiger partial charge is 0.464 e. The minimum atomic E-state index is -0.402. The van der Waals surface area contributed by atoms with Crippen molar-refractivity contribution in [2.75, 3.05) is 12.4 Å². The molecule has 0 bridgehead atoms. The first-order valence-corrected chi connectivity index (χ1v) is 5.46. The number of carbonyl (C=O) groups excluding carboxylic acids is 1. The van der Waals surface area contributed by atoms with Crippen molar-refractivity contribution in [2.24, 2.45) is 0 Å². The van der Waals surface area contributed by atoms with Crippen LogP contribution in [0.5, 0.6) is 0 Å². The van der Waals surface area contributed by atoms with Crippen LogP contribution in [0.25, 0.3) is 11.0 Å². The zero-order valence-electron chi connectivity index (χ0n) is 9.36. The van der Waals surface area contributed by atoms with Crippen molar-refractivity contribution in [1.29, 1.82) is 0 Å². The molecule has 0 spiro atoms. The van der Waals surface area contributed by atoms with Crippen molar-refractivity contribution in [1.82, 2.24) is 15.0 Å². The van der Waals surface area contributed by atoms with E-state index in [1.807, 2.05) is 0 Å². The Morgan fingerprint density at radius 3 is 3.06 bits per heavy atom. The molecule has 2 heterocycles. The molecule has 2 N–H and O–H groups in total. The van der Waals surface area contributed by atoms with Crippen LogP contribution in [0.3, 0.4) is 0 Å². The lowest BCUT2D eigenvalue weighted by atomic mass is 10.3. The number of methoxy groups -OCH3 is 1. The Morgan fingerprint density at radius 2 is 2.35 bits per heavy atom. The number of nitrogens with zero attached hydrogens (tertiary/aromatic N) is 2. The smallest absolute Gasteiger partial charge is 0.354 e. The summed E-state index contributed by atoms with van der Waals surface area (Å²) in [5.74, 6) is 0.365. The molecule has 0 saturated heterocycles. The number of hydrogen-bond acceptors (Lipinski definition) is 5. The van der Waals surface area contributed by atoms with Crippen LogP contribution in [0.4, 0.5) is 5.82 Å². The quantitative estimate of drug-likeness (QED) is 0.780. The predicted molar refractivity (Wildman–Crippen MR) is 61.9 cm³/mol. The third-order valence-corrected chi connectivity index (χ3v) is 2.75. The van der Waals surface area contributed by atoms with E-state index in [4.69, 9.17) is 0 Å². The Kier molecular flexibility index (Phi) is 2.21. The third-order valence-electron chi connectivity index (χ3n) is 2.75. The highest BCUT2D eigenvalue weighted by atomic mass is 16.5. The van der Waals surface area contributed by atoms with E-state index in [-0.39, 0.29) is 0 Å². The number of ether oxygens (including phenoxy) is 1. The van der Waals surface area contributed by atoms with Crippen molar-refractivity contribution >= 4 is 22.8 Å². The number of aromatic amines is 1. The second-order valence-corrected chi connectivity index (χ2v) is 4.08. The van der Waals surface area contributed by atoms with Crippen LogP contribution in [0, 0.1) is 0 Å². The number of H-pyrrole nitrogens is 1. The lowest BCUT2D eigenvalue weighted by Gasteiger charge is -2.02. The van der Waals surface area contributed by atoms with E-state index in [1.54, 1.807) is 6.07 Å². The van der Waals surface area contributed by atoms with Crippen LogP contribution < -0.4 is 5.32 Å². The SMILES string of the molecule is COC(=O)c1cc2c(NC3CC3)ncnc2[nH]1. The summed E-state index contributed by atoms with van der Waals surface area (Å²) in [4.78, 5) is 22.6. The van der Waals surface area contributed by atoms with Gasteiger partial charge in [0.05, 0.1) is 12.5 Å². The highest BCUT2D eigenvalue weighted by molar-refractivity contribution is 5.97. The molecule has 0 atom stereocenters. The van der Waals surface area contributed by atoms with Gasteiger partial charge in [-0.15, -0.1) is 0 Å². The van der Waals surface area contributed by atoms with E-state index < -0.39 is 5.97 Å². The van der Waals surface area contributed by atoms with Gasteiger partial charge in [-0.2, -0.15) is 0 Å². The second kappa shape index (κ2) is 3.73. The fourth-order valence-electron chi connectivity index (χ4n) is 1.70. The number of fused-ring (bicyclic) bond motifs is 1. The van der Waals surface area contributed by atoms with Gasteiger partial charge in [-0.25, -0.2) is 14.8 Å². The average Bonchev–Trinajstić information content (AvgIpc) is 3.04. The van der Waals surface area contributed by atoms with Crippen molar-refractivity contribution in [3.05, 3.63) is 18.1 Å². The first kappa shape index (κ1) is 10.1. The minimum absolute atomic E-state index is 0.391. The zero-order chi connectivity index (χ0) is 11.8. The fraction of sp³-hybridized carbons (Fsp3) is 0.364. The molecule has 6 heteroatoms. The lowest BCUT2D eigenvalue weighted by Crippen LogP contribution is -2.03. The third kappa shape index (κ3) is 1.82. The van der Waals surface area contributed by atoms with Gasteiger partial charge in [-0.1, -0.05) is 0 Å². The number of esters is 1. The van der Waals surface area contributed by atoms with Crippen molar-refractivity contribution < 1.29 is 9.53 Å². The van der Waals surface area contributed by atoms with Crippen LogP contribution >= 0.6 is 0 Å². The standard InChI is InChI=1S/C11H12N4O2/c1-17-11(16)8-4-7-9(14-6-2-3-6)12-5-13-10(7)15-8/h4-6H,2-3H2,1H3,(H2,12,13,14,15). The summed E-state index contributed by atoms with van der Waals surface area (Å²) in [5.41, 5.74) is 1.03. The van der Waals surface area contributed by atoms with Crippen LogP contribution in [0.2, 0.25) is 0 Å². The molecule has 1 aliphatic carbocycles. The molecule has 1 aliphatic rings. The van der Waals surface area contributed by atoms with Crippen molar-refractivity contribution in [2.45, 2.75) is 18.9 Å². The molecule has 1 saturated carbocycles. The average molecular weight is 232 g/mol. The Hall–Kier alpha value is -2.11. The molecule has 0 aliphatic heterocycles. The summed E-state index contributed by atoms with van der Waals surface area (Å²) in [6.07, 6.45) is 3.81. The normalized spacial score (nSPS) is 14.9. The van der Waals surface area contributed by atoms with Gasteiger partial charge < -0.3 is 15.0 Å². The molecular weight excluding hydrogens is 220 g/mol. The molecule has 0 aromatic carbocycles. The van der Waals surface area contributed by atoms with Gasteiger partial charge in [0.25, 0.3) is 0 Å². The van der Waals surface area contributed by atoms with Gasteiger partial charge in [0, 0.05) is 6.04 Å². The summed E-state index contributed by atoms with van der Waals surface area (Å²) in [6.45, 7) is 0. The van der Waals surface area contributed by atoms with Gasteiger partial charge in [-0.05, 0) is 18.9 Å². The topological polar surface area (TPSA) is 79.9 Å². The van der Waals surface area contributed by atoms with Gasteiger partial charge in [0.15, 0.2) is 0 Å². The monoisotopic (exact) mass is 232 g/mol. The lowest BCUT2D eigenvalue weighted by molar-refractivity contribution is 0.0595. The second-order valence-electron chi connectivity index (χ2n) is 4.08. The first-order valence-electron chi connectivity index (χ1n) is 5.46. The molecule has 0 amide bonds. The van der Waals surface area contributed by atoms with Crippen LogP contribution in [0.1, 0.15) is 23.3 Å². The molecule has 1 fully saturated rings. The Labute approximate surface area is 97.4 Å². The molecular formula is C11H12N4O2. The number of hydrogen-bond donors (Lipinski definition) is 2. The predicted octanol–water partition coefficient (Wildman–Crippen LogP) is 1.32. The van der Waals surface area contributed by atoms with Gasteiger partial charge >= 0.3 is 5.97 Å². The summed E-state index contributed by atoms with van der Waals surface area (Å²) in [6, 6.07) is 2.22. The number of carbonyl (C=O) groups is 1. The molecule has 0 unspecified atom stereocenters. The fourth-order valence-corrected chi connectivity index (χ4v) is 1.70. The summed E-state index contributed by atoms with van der Waals surface area (Å²) < 4.78 is 4.66. The van der Waals surface area contributed by atoms with Crippen LogP contribution in [-0.4, -0.2) is 34.1 Å². The summed E-state index contributed by atoms with van der Waals surface area (Å²) >= 11 is 0. The minimum Gasteiger partial charge on any atom is -0.464 e. The molecule has 0 radical (unpaired) electrons. The number of anilines is 1. The number of rotatable bonds is 3. The summed E-state index contributed by atoms with van der Waals surface area (Å²) in [7, 11) is 1.35. The number of nitrogens with one attached hydrogen (secondary N) is 2. The molecule has 2 aromatic rings. The van der Waals surface area contributed by atoms with Crippen molar-refractivity contribution in [3.63, 3.8) is 0 Å². The van der Waals surface area contributed by atoms with E-state index in [0.29, 0.717) is 17.4 Å². The van der Waals surface area contributed by atoms with Crippen LogP contribution in [-0.2, 0) is 4.74 Å². The Morgan fingerprint density at radius 1 is 1.53 bits per heavy atom.